The minimum absolute atomic E-state index is 0.0373. The molecule has 0 unspecified atom stereocenters. The highest BCUT2D eigenvalue weighted by Gasteiger charge is 2.07. The number of aromatic nitrogens is 1. The lowest BCUT2D eigenvalue weighted by molar-refractivity contribution is -0.384. The molecule has 2 aromatic carbocycles. The zero-order valence-corrected chi connectivity index (χ0v) is 14.6. The van der Waals surface area contributed by atoms with Crippen molar-refractivity contribution in [2.75, 3.05) is 5.43 Å². The van der Waals surface area contributed by atoms with E-state index in [0.29, 0.717) is 10.7 Å². The molecule has 0 bridgehead atoms. The molecule has 1 aromatic heterocycles. The Balaban J connectivity index is 1.71. The van der Waals surface area contributed by atoms with Crippen molar-refractivity contribution in [3.05, 3.63) is 74.6 Å². The Morgan fingerprint density at radius 3 is 2.84 bits per heavy atom. The van der Waals surface area contributed by atoms with E-state index in [1.807, 2.05) is 5.38 Å². The van der Waals surface area contributed by atoms with Crippen LogP contribution in [-0.2, 0) is 0 Å². The van der Waals surface area contributed by atoms with E-state index < -0.39 is 4.92 Å². The van der Waals surface area contributed by atoms with Crippen LogP contribution in [0.15, 0.2) is 52.9 Å². The highest BCUT2D eigenvalue weighted by atomic mass is 32.1. The van der Waals surface area contributed by atoms with E-state index in [9.17, 15) is 10.1 Å². The lowest BCUT2D eigenvalue weighted by Crippen LogP contribution is -1.92. The molecule has 0 aliphatic carbocycles. The van der Waals surface area contributed by atoms with Crippen LogP contribution >= 0.6 is 11.3 Å². The third-order valence-electron chi connectivity index (χ3n) is 3.62. The molecule has 0 fully saturated rings. The van der Waals surface area contributed by atoms with Crippen LogP contribution in [0.3, 0.4) is 0 Å². The fourth-order valence-electron chi connectivity index (χ4n) is 2.43. The number of nitro benzene ring substituents is 1. The van der Waals surface area contributed by atoms with Crippen LogP contribution < -0.4 is 5.43 Å². The van der Waals surface area contributed by atoms with Gasteiger partial charge in [-0.2, -0.15) is 5.10 Å². The van der Waals surface area contributed by atoms with E-state index in [2.05, 4.69) is 47.6 Å². The molecule has 1 N–H and O–H groups in total. The predicted octanol–water partition coefficient (Wildman–Crippen LogP) is 4.78. The van der Waals surface area contributed by atoms with Crippen LogP contribution in [-0.4, -0.2) is 16.1 Å². The van der Waals surface area contributed by atoms with E-state index >= 15 is 0 Å². The molecule has 0 amide bonds. The molecule has 0 saturated heterocycles. The van der Waals surface area contributed by atoms with Crippen molar-refractivity contribution in [2.24, 2.45) is 5.10 Å². The number of nitrogens with zero attached hydrogens (tertiary/aromatic N) is 3. The van der Waals surface area contributed by atoms with Gasteiger partial charge in [0.1, 0.15) is 0 Å². The number of hydrogen-bond acceptors (Lipinski definition) is 6. The number of thiazole rings is 1. The van der Waals surface area contributed by atoms with Crippen LogP contribution in [0.1, 0.15) is 16.7 Å². The van der Waals surface area contributed by atoms with Crippen LogP contribution in [0.5, 0.6) is 0 Å². The molecule has 1 heterocycles. The smallest absolute Gasteiger partial charge is 0.258 e. The maximum absolute atomic E-state index is 10.8. The summed E-state index contributed by atoms with van der Waals surface area (Å²) in [6.45, 7) is 4.13. The van der Waals surface area contributed by atoms with Gasteiger partial charge >= 0.3 is 0 Å². The predicted molar refractivity (Wildman–Crippen MR) is 101 cm³/mol. The SMILES string of the molecule is Cc1ccc(-c2csc(N/N=C\c3cccc([N+](=O)[O-])c3)n2)c(C)c1. The third kappa shape index (κ3) is 4.07. The molecule has 25 heavy (non-hydrogen) atoms. The Morgan fingerprint density at radius 2 is 2.08 bits per heavy atom. The lowest BCUT2D eigenvalue weighted by Gasteiger charge is -2.03. The van der Waals surface area contributed by atoms with Gasteiger partial charge in [0.05, 0.1) is 16.8 Å². The molecule has 6 nitrogen and oxygen atoms in total. The van der Waals surface area contributed by atoms with Gasteiger partial charge in [0.2, 0.25) is 5.13 Å². The maximum atomic E-state index is 10.8. The summed E-state index contributed by atoms with van der Waals surface area (Å²) < 4.78 is 0. The molecule has 0 aliphatic heterocycles. The Labute approximate surface area is 149 Å². The second-order valence-corrected chi connectivity index (χ2v) is 6.44. The number of nitrogens with one attached hydrogen (secondary N) is 1. The van der Waals surface area contributed by atoms with E-state index in [-0.39, 0.29) is 5.69 Å². The second-order valence-electron chi connectivity index (χ2n) is 5.58. The molecule has 3 rings (SSSR count). The fourth-order valence-corrected chi connectivity index (χ4v) is 3.09. The van der Waals surface area contributed by atoms with Crippen molar-refractivity contribution in [3.63, 3.8) is 0 Å². The van der Waals surface area contributed by atoms with Crippen LogP contribution in [0, 0.1) is 24.0 Å². The van der Waals surface area contributed by atoms with Gasteiger partial charge in [0.25, 0.3) is 5.69 Å². The molecule has 126 valence electrons. The van der Waals surface area contributed by atoms with Crippen molar-refractivity contribution in [1.82, 2.24) is 4.98 Å². The molecule has 7 heteroatoms. The standard InChI is InChI=1S/C18H16N4O2S/c1-12-6-7-16(13(2)8-12)17-11-25-18(20-17)21-19-10-14-4-3-5-15(9-14)22(23)24/h3-11H,1-2H3,(H,20,21)/b19-10-. The number of hydrazone groups is 1. The molecule has 0 aliphatic rings. The Hall–Kier alpha value is -3.06. The first-order chi connectivity index (χ1) is 12.0. The van der Waals surface area contributed by atoms with Gasteiger partial charge in [-0.3, -0.25) is 15.5 Å². The summed E-state index contributed by atoms with van der Waals surface area (Å²) in [5.74, 6) is 0. The van der Waals surface area contributed by atoms with Crippen molar-refractivity contribution in [1.29, 1.82) is 0 Å². The molecular formula is C18H16N4O2S. The van der Waals surface area contributed by atoms with Gasteiger partial charge in [-0.05, 0) is 19.4 Å². The minimum Gasteiger partial charge on any atom is -0.258 e. The minimum atomic E-state index is -0.429. The van der Waals surface area contributed by atoms with Crippen molar-refractivity contribution in [3.8, 4) is 11.3 Å². The third-order valence-corrected chi connectivity index (χ3v) is 4.36. The number of rotatable bonds is 5. The summed E-state index contributed by atoms with van der Waals surface area (Å²) in [6.07, 6.45) is 1.53. The van der Waals surface area contributed by atoms with Crippen molar-refractivity contribution < 1.29 is 4.92 Å². The quantitative estimate of drug-likeness (QED) is 0.407. The summed E-state index contributed by atoms with van der Waals surface area (Å²) in [5, 5.41) is 17.5. The van der Waals surface area contributed by atoms with Crippen molar-refractivity contribution in [2.45, 2.75) is 13.8 Å². The highest BCUT2D eigenvalue weighted by molar-refractivity contribution is 7.14. The van der Waals surface area contributed by atoms with Crippen molar-refractivity contribution >= 4 is 28.4 Å². The first-order valence-corrected chi connectivity index (χ1v) is 8.47. The first kappa shape index (κ1) is 16.8. The number of non-ortho nitro benzene ring substituents is 1. The average molecular weight is 352 g/mol. The summed E-state index contributed by atoms with van der Waals surface area (Å²) in [7, 11) is 0. The summed E-state index contributed by atoms with van der Waals surface area (Å²) in [4.78, 5) is 14.9. The zero-order chi connectivity index (χ0) is 17.8. The number of anilines is 1. The molecule has 0 spiro atoms. The van der Waals surface area contributed by atoms with E-state index in [1.54, 1.807) is 12.1 Å². The molecular weight excluding hydrogens is 336 g/mol. The monoisotopic (exact) mass is 352 g/mol. The molecule has 3 aromatic rings. The summed E-state index contributed by atoms with van der Waals surface area (Å²) in [6, 6.07) is 12.5. The lowest BCUT2D eigenvalue weighted by atomic mass is 10.0. The first-order valence-electron chi connectivity index (χ1n) is 7.59. The van der Waals surface area contributed by atoms with Gasteiger partial charge in [0, 0.05) is 28.6 Å². The van der Waals surface area contributed by atoms with E-state index in [4.69, 9.17) is 0 Å². The normalized spacial score (nSPS) is 11.0. The number of hydrogen-bond donors (Lipinski definition) is 1. The number of nitro groups is 1. The largest absolute Gasteiger partial charge is 0.270 e. The van der Waals surface area contributed by atoms with Crippen LogP contribution in [0.4, 0.5) is 10.8 Å². The van der Waals surface area contributed by atoms with Crippen LogP contribution in [0.2, 0.25) is 0 Å². The maximum Gasteiger partial charge on any atom is 0.270 e. The molecule has 0 radical (unpaired) electrons. The highest BCUT2D eigenvalue weighted by Crippen LogP contribution is 2.27. The average Bonchev–Trinajstić information content (AvgIpc) is 3.03. The van der Waals surface area contributed by atoms with Gasteiger partial charge in [-0.1, -0.05) is 35.9 Å². The molecule has 0 saturated carbocycles. The van der Waals surface area contributed by atoms with E-state index in [1.165, 1.54) is 40.8 Å². The van der Waals surface area contributed by atoms with E-state index in [0.717, 1.165) is 11.3 Å². The topological polar surface area (TPSA) is 80.4 Å². The summed E-state index contributed by atoms with van der Waals surface area (Å²) >= 11 is 1.46. The Kier molecular flexibility index (Phi) is 4.85. The fraction of sp³-hybridized carbons (Fsp3) is 0.111. The van der Waals surface area contributed by atoms with Crippen LogP contribution in [0.25, 0.3) is 11.3 Å². The van der Waals surface area contributed by atoms with Gasteiger partial charge in [0.15, 0.2) is 0 Å². The zero-order valence-electron chi connectivity index (χ0n) is 13.8. The van der Waals surface area contributed by atoms with Gasteiger partial charge in [-0.15, -0.1) is 11.3 Å². The van der Waals surface area contributed by atoms with Gasteiger partial charge < -0.3 is 0 Å². The Bertz CT molecular complexity index is 950. The Morgan fingerprint density at radius 1 is 1.24 bits per heavy atom. The molecule has 0 atom stereocenters. The van der Waals surface area contributed by atoms with Gasteiger partial charge in [-0.25, -0.2) is 4.98 Å². The second kappa shape index (κ2) is 7.23. The number of aryl methyl sites for hydroxylation is 2. The summed E-state index contributed by atoms with van der Waals surface area (Å²) in [5.41, 5.74) is 7.94. The number of benzene rings is 2.